The maximum absolute atomic E-state index is 2.28. The van der Waals surface area contributed by atoms with Crippen LogP contribution in [0.1, 0.15) is 113 Å². The first-order valence-electron chi connectivity index (χ1n) is 13.9. The molecule has 3 aromatic rings. The molecule has 0 bridgehead atoms. The summed E-state index contributed by atoms with van der Waals surface area (Å²) in [4.78, 5) is 0. The molecule has 0 saturated heterocycles. The van der Waals surface area contributed by atoms with E-state index in [1.807, 2.05) is 13.8 Å². The third-order valence-corrected chi connectivity index (χ3v) is 5.90. The molecule has 0 aliphatic carbocycles. The highest BCUT2D eigenvalue weighted by Crippen LogP contribution is 2.17. The van der Waals surface area contributed by atoms with Gasteiger partial charge in [-0.3, -0.25) is 0 Å². The van der Waals surface area contributed by atoms with E-state index in [9.17, 15) is 0 Å². The van der Waals surface area contributed by atoms with E-state index in [2.05, 4.69) is 136 Å². The Balaban J connectivity index is 0. The van der Waals surface area contributed by atoms with Crippen molar-refractivity contribution in [2.45, 2.75) is 115 Å². The molecule has 0 aliphatic heterocycles. The highest BCUT2D eigenvalue weighted by molar-refractivity contribution is 5.36. The van der Waals surface area contributed by atoms with Gasteiger partial charge in [0.05, 0.1) is 0 Å². The van der Waals surface area contributed by atoms with Gasteiger partial charge in [-0.2, -0.15) is 0 Å². The fourth-order valence-corrected chi connectivity index (χ4v) is 3.17. The normalized spacial score (nSPS) is 10.1. The molecule has 0 saturated carbocycles. The van der Waals surface area contributed by atoms with Crippen molar-refractivity contribution in [1.82, 2.24) is 0 Å². The summed E-state index contributed by atoms with van der Waals surface area (Å²) in [7, 11) is 0. The Bertz CT molecular complexity index is 833. The van der Waals surface area contributed by atoms with Crippen molar-refractivity contribution in [3.8, 4) is 0 Å². The van der Waals surface area contributed by atoms with Crippen molar-refractivity contribution < 1.29 is 0 Å². The smallest absolute Gasteiger partial charge is 0.0193 e. The Labute approximate surface area is 220 Å². The number of hydrogen-bond donors (Lipinski definition) is 0. The van der Waals surface area contributed by atoms with E-state index in [4.69, 9.17) is 0 Å². The average molecular weight is 477 g/mol. The zero-order valence-corrected chi connectivity index (χ0v) is 25.3. The summed E-state index contributed by atoms with van der Waals surface area (Å²) in [5.74, 6) is 0.709. The molecule has 0 N–H and O–H groups in total. The van der Waals surface area contributed by atoms with E-state index in [1.54, 1.807) is 0 Å². The summed E-state index contributed by atoms with van der Waals surface area (Å²) >= 11 is 0. The monoisotopic (exact) mass is 476 g/mol. The van der Waals surface area contributed by atoms with Gasteiger partial charge in [0, 0.05) is 0 Å². The minimum atomic E-state index is 0.709. The zero-order chi connectivity index (χ0) is 27.2. The Morgan fingerprint density at radius 2 is 1.03 bits per heavy atom. The van der Waals surface area contributed by atoms with Crippen molar-refractivity contribution in [3.05, 3.63) is 106 Å². The summed E-state index contributed by atoms with van der Waals surface area (Å²) in [6.45, 7) is 25.8. The second-order valence-corrected chi connectivity index (χ2v) is 8.97. The van der Waals surface area contributed by atoms with Crippen molar-refractivity contribution in [2.75, 3.05) is 0 Å². The van der Waals surface area contributed by atoms with E-state index >= 15 is 0 Å². The summed E-state index contributed by atoms with van der Waals surface area (Å²) in [5, 5.41) is 0. The van der Waals surface area contributed by atoms with Gasteiger partial charge in [0.2, 0.25) is 0 Å². The lowest BCUT2D eigenvalue weighted by Crippen LogP contribution is -1.89. The second-order valence-electron chi connectivity index (χ2n) is 8.97. The molecule has 0 unspecified atom stereocenters. The Morgan fingerprint density at radius 3 is 1.40 bits per heavy atom. The van der Waals surface area contributed by atoms with Gasteiger partial charge in [-0.25, -0.2) is 0 Å². The fourth-order valence-electron chi connectivity index (χ4n) is 3.17. The highest BCUT2D eigenvalue weighted by atomic mass is 14.0. The summed E-state index contributed by atoms with van der Waals surface area (Å²) in [5.41, 5.74) is 9.93. The van der Waals surface area contributed by atoms with Crippen LogP contribution in [0.3, 0.4) is 0 Å². The van der Waals surface area contributed by atoms with Gasteiger partial charge < -0.3 is 0 Å². The van der Waals surface area contributed by atoms with Crippen molar-refractivity contribution in [1.29, 1.82) is 0 Å². The van der Waals surface area contributed by atoms with Crippen LogP contribution >= 0.6 is 0 Å². The lowest BCUT2D eigenvalue weighted by atomic mass is 9.99. The standard InChI is InChI=1S/C11H16.C10H14.C9H12.C3H8.C2H6/c1-5-11-6-8(2)10(4)9(3)7-11;1-3-9(2)10-7-5-4-6-8-10;1-3-9-6-4-8(2)5-7-9;1-3-2;1-2/h6-7H,5H2,1-4H3;4-9H,3H2,1-2H3;4-7H,3H2,1-2H3;3H2,1-2H3;1-2H3/t;9-;;;/m.0.../s1. The predicted octanol–water partition coefficient (Wildman–Crippen LogP) is 11.4. The molecule has 0 spiro atoms. The molecule has 0 aliphatic rings. The maximum Gasteiger partial charge on any atom is -0.0193 e. The van der Waals surface area contributed by atoms with Crippen LogP contribution in [0, 0.1) is 27.7 Å². The number of aryl methyl sites for hydroxylation is 5. The fraction of sp³-hybridized carbons (Fsp3) is 0.486. The first-order valence-corrected chi connectivity index (χ1v) is 13.9. The molecule has 3 aromatic carbocycles. The molecule has 0 radical (unpaired) electrons. The lowest BCUT2D eigenvalue weighted by molar-refractivity contribution is 0.733. The van der Waals surface area contributed by atoms with E-state index in [1.165, 1.54) is 51.8 Å². The van der Waals surface area contributed by atoms with Crippen molar-refractivity contribution in [3.63, 3.8) is 0 Å². The average Bonchev–Trinajstić information content (AvgIpc) is 2.90. The molecule has 0 fully saturated rings. The van der Waals surface area contributed by atoms with Gasteiger partial charge >= 0.3 is 0 Å². The molecule has 35 heavy (non-hydrogen) atoms. The molecular weight excluding hydrogens is 420 g/mol. The van der Waals surface area contributed by atoms with E-state index in [0.29, 0.717) is 5.92 Å². The quantitative estimate of drug-likeness (QED) is 0.351. The van der Waals surface area contributed by atoms with Crippen LogP contribution < -0.4 is 0 Å². The minimum Gasteiger partial charge on any atom is -0.0683 e. The van der Waals surface area contributed by atoms with Gasteiger partial charge in [0.15, 0.2) is 0 Å². The largest absolute Gasteiger partial charge is 0.0683 e. The minimum absolute atomic E-state index is 0.709. The Kier molecular flexibility index (Phi) is 22.0. The van der Waals surface area contributed by atoms with Gasteiger partial charge in [0.25, 0.3) is 0 Å². The number of hydrogen-bond acceptors (Lipinski definition) is 0. The SMILES string of the molecule is CC.CCC.CC[C@H](C)c1ccccc1.CCc1cc(C)c(C)c(C)c1.CCc1ccc(C)cc1. The third kappa shape index (κ3) is 16.0. The molecule has 0 heterocycles. The number of benzene rings is 3. The van der Waals surface area contributed by atoms with Crippen LogP contribution in [-0.4, -0.2) is 0 Å². The van der Waals surface area contributed by atoms with Crippen LogP contribution in [0.25, 0.3) is 0 Å². The van der Waals surface area contributed by atoms with E-state index < -0.39 is 0 Å². The highest BCUT2D eigenvalue weighted by Gasteiger charge is 1.99. The van der Waals surface area contributed by atoms with Crippen LogP contribution in [-0.2, 0) is 12.8 Å². The van der Waals surface area contributed by atoms with Crippen LogP contribution in [0.4, 0.5) is 0 Å². The third-order valence-electron chi connectivity index (χ3n) is 5.90. The van der Waals surface area contributed by atoms with Crippen molar-refractivity contribution >= 4 is 0 Å². The van der Waals surface area contributed by atoms with Crippen LogP contribution in [0.5, 0.6) is 0 Å². The van der Waals surface area contributed by atoms with Crippen LogP contribution in [0.2, 0.25) is 0 Å². The Hall–Kier alpha value is -2.34. The second kappa shape index (κ2) is 22.1. The Morgan fingerprint density at radius 1 is 0.600 bits per heavy atom. The molecule has 3 rings (SSSR count). The molecule has 196 valence electrons. The van der Waals surface area contributed by atoms with E-state index in [-0.39, 0.29) is 0 Å². The molecule has 0 heteroatoms. The molecule has 0 nitrogen and oxygen atoms in total. The number of rotatable bonds is 4. The first kappa shape index (κ1) is 34.8. The topological polar surface area (TPSA) is 0 Å². The van der Waals surface area contributed by atoms with E-state index in [0.717, 1.165) is 12.8 Å². The molecule has 0 amide bonds. The summed E-state index contributed by atoms with van der Waals surface area (Å²) in [6.07, 6.45) is 4.76. The van der Waals surface area contributed by atoms with Gasteiger partial charge in [0.1, 0.15) is 0 Å². The molecule has 1 atom stereocenters. The predicted molar refractivity (Wildman–Crippen MR) is 163 cm³/mol. The zero-order valence-electron chi connectivity index (χ0n) is 25.3. The van der Waals surface area contributed by atoms with Crippen LogP contribution in [0.15, 0.2) is 66.7 Å². The maximum atomic E-state index is 2.28. The van der Waals surface area contributed by atoms with Gasteiger partial charge in [-0.05, 0) is 86.3 Å². The first-order chi connectivity index (χ1) is 16.7. The summed E-state index contributed by atoms with van der Waals surface area (Å²) in [6, 6.07) is 23.9. The molecular formula is C35H56. The lowest BCUT2D eigenvalue weighted by Gasteiger charge is -2.06. The van der Waals surface area contributed by atoms with Crippen molar-refractivity contribution in [2.24, 2.45) is 0 Å². The summed E-state index contributed by atoms with van der Waals surface area (Å²) < 4.78 is 0. The molecule has 0 aromatic heterocycles. The van der Waals surface area contributed by atoms with Gasteiger partial charge in [-0.15, -0.1) is 0 Å². The van der Waals surface area contributed by atoms with Gasteiger partial charge in [-0.1, -0.05) is 134 Å².